The third kappa shape index (κ3) is 6.19. The smallest absolute Gasteiger partial charge is 0.491 e. The number of methoxy groups -OCH3 is 1. The van der Waals surface area contributed by atoms with Crippen molar-refractivity contribution >= 4 is 16.8 Å². The maximum atomic E-state index is 12.6. The van der Waals surface area contributed by atoms with Crippen LogP contribution in [0.4, 0.5) is 13.2 Å². The lowest BCUT2D eigenvalue weighted by molar-refractivity contribution is -0.274. The quantitative estimate of drug-likeness (QED) is 0.430. The highest BCUT2D eigenvalue weighted by molar-refractivity contribution is 5.98. The van der Waals surface area contributed by atoms with Crippen molar-refractivity contribution in [1.29, 1.82) is 0 Å². The Morgan fingerprint density at radius 1 is 1.14 bits per heavy atom. The highest BCUT2D eigenvalue weighted by Gasteiger charge is 2.30. The number of hydrogen-bond donors (Lipinski definition) is 2. The number of para-hydroxylation sites is 1. The molecule has 0 aliphatic carbocycles. The number of halogens is 3. The summed E-state index contributed by atoms with van der Waals surface area (Å²) in [4.78, 5) is 24.1. The van der Waals surface area contributed by atoms with Crippen LogP contribution in [0.3, 0.4) is 0 Å². The number of carbonyl (C=O) groups is 1. The van der Waals surface area contributed by atoms with Crippen molar-refractivity contribution < 1.29 is 32.2 Å². The largest absolute Gasteiger partial charge is 0.573 e. The fraction of sp³-hybridized carbons (Fsp3) is 0.208. The third-order valence-corrected chi connectivity index (χ3v) is 5.01. The summed E-state index contributed by atoms with van der Waals surface area (Å²) in [6, 6.07) is 14.1. The van der Waals surface area contributed by atoms with Gasteiger partial charge in [0.05, 0.1) is 31.5 Å². The molecular weight excluding hydrogens is 465 g/mol. The number of nitrogens with one attached hydrogen (secondary N) is 2. The van der Waals surface area contributed by atoms with Crippen molar-refractivity contribution in [1.82, 2.24) is 20.3 Å². The summed E-state index contributed by atoms with van der Waals surface area (Å²) in [5.41, 5.74) is 2.02. The van der Waals surface area contributed by atoms with Gasteiger partial charge in [-0.2, -0.15) is 0 Å². The van der Waals surface area contributed by atoms with Crippen molar-refractivity contribution in [2.75, 3.05) is 13.7 Å². The Bertz CT molecular complexity index is 1290. The van der Waals surface area contributed by atoms with E-state index >= 15 is 0 Å². The van der Waals surface area contributed by atoms with Gasteiger partial charge in [-0.25, -0.2) is 4.98 Å². The second-order valence-corrected chi connectivity index (χ2v) is 7.41. The van der Waals surface area contributed by atoms with Crippen molar-refractivity contribution in [3.63, 3.8) is 0 Å². The lowest BCUT2D eigenvalue weighted by atomic mass is 10.1. The van der Waals surface area contributed by atoms with Crippen LogP contribution < -0.4 is 19.5 Å². The van der Waals surface area contributed by atoms with E-state index in [2.05, 4.69) is 25.0 Å². The highest BCUT2D eigenvalue weighted by atomic mass is 19.4. The Labute approximate surface area is 198 Å². The van der Waals surface area contributed by atoms with Gasteiger partial charge in [-0.3, -0.25) is 9.78 Å². The molecule has 0 saturated heterocycles. The molecule has 182 valence electrons. The third-order valence-electron chi connectivity index (χ3n) is 5.01. The summed E-state index contributed by atoms with van der Waals surface area (Å²) < 4.78 is 48.8. The van der Waals surface area contributed by atoms with Crippen molar-refractivity contribution in [3.8, 4) is 17.4 Å². The van der Waals surface area contributed by atoms with E-state index in [1.807, 2.05) is 12.1 Å². The molecule has 1 unspecified atom stereocenters. The molecule has 35 heavy (non-hydrogen) atoms. The molecule has 3 aromatic heterocycles. The second kappa shape index (κ2) is 10.3. The molecule has 1 amide bonds. The molecule has 1 aliphatic heterocycles. The fourth-order valence-corrected chi connectivity index (χ4v) is 3.45. The van der Waals surface area contributed by atoms with Crippen LogP contribution in [-0.4, -0.2) is 40.9 Å². The van der Waals surface area contributed by atoms with E-state index in [4.69, 9.17) is 9.47 Å². The van der Waals surface area contributed by atoms with E-state index in [9.17, 15) is 18.0 Å². The summed E-state index contributed by atoms with van der Waals surface area (Å²) in [6.45, 7) is 0.553. The number of nitrogens with zero attached hydrogens (tertiary/aromatic N) is 2. The predicted octanol–water partition coefficient (Wildman–Crippen LogP) is 4.81. The van der Waals surface area contributed by atoms with Crippen molar-refractivity contribution in [2.45, 2.75) is 18.8 Å². The molecule has 2 N–H and O–H groups in total. The van der Waals surface area contributed by atoms with Gasteiger partial charge in [-0.15, -0.1) is 13.2 Å². The normalized spacial score (nSPS) is 14.7. The van der Waals surface area contributed by atoms with Crippen LogP contribution in [-0.2, 0) is 0 Å². The van der Waals surface area contributed by atoms with Crippen LogP contribution in [0.2, 0.25) is 0 Å². The number of alkyl halides is 3. The summed E-state index contributed by atoms with van der Waals surface area (Å²) in [5, 5.41) is 3.89. The average Bonchev–Trinajstić information content (AvgIpc) is 3.28. The average molecular weight is 486 g/mol. The van der Waals surface area contributed by atoms with Crippen molar-refractivity contribution in [2.24, 2.45) is 0 Å². The molecule has 0 spiro atoms. The Morgan fingerprint density at radius 2 is 1.94 bits per heavy atom. The Balaban J connectivity index is 0.000000221. The molecule has 1 aromatic carbocycles. The first-order chi connectivity index (χ1) is 16.8. The molecule has 0 saturated carbocycles. The van der Waals surface area contributed by atoms with Gasteiger partial charge < -0.3 is 24.5 Å². The molecule has 0 fully saturated rings. The van der Waals surface area contributed by atoms with E-state index < -0.39 is 6.36 Å². The fourth-order valence-electron chi connectivity index (χ4n) is 3.45. The van der Waals surface area contributed by atoms with Crippen LogP contribution in [0.5, 0.6) is 17.4 Å². The molecular formula is C24H21F3N4O4. The number of aromatic nitrogens is 3. The van der Waals surface area contributed by atoms with Gasteiger partial charge in [0, 0.05) is 24.1 Å². The zero-order valence-electron chi connectivity index (χ0n) is 18.5. The van der Waals surface area contributed by atoms with Gasteiger partial charge in [-0.05, 0) is 30.3 Å². The number of H-pyrrole nitrogens is 1. The number of pyridine rings is 2. The minimum absolute atomic E-state index is 0.165. The van der Waals surface area contributed by atoms with Gasteiger partial charge in [0.2, 0.25) is 5.88 Å². The molecule has 1 aliphatic rings. The molecule has 8 nitrogen and oxygen atoms in total. The zero-order chi connectivity index (χ0) is 24.8. The van der Waals surface area contributed by atoms with E-state index in [0.717, 1.165) is 22.3 Å². The lowest BCUT2D eigenvalue weighted by Crippen LogP contribution is -2.33. The maximum Gasteiger partial charge on any atom is 0.573 e. The summed E-state index contributed by atoms with van der Waals surface area (Å²) >= 11 is 0. The topological polar surface area (TPSA) is 98.4 Å². The van der Waals surface area contributed by atoms with E-state index in [-0.39, 0.29) is 17.7 Å². The monoisotopic (exact) mass is 486 g/mol. The first-order valence-electron chi connectivity index (χ1n) is 10.5. The Morgan fingerprint density at radius 3 is 2.69 bits per heavy atom. The lowest BCUT2D eigenvalue weighted by Gasteiger charge is -2.25. The Hall–Kier alpha value is -4.28. The van der Waals surface area contributed by atoms with Crippen LogP contribution in [0.15, 0.2) is 67.0 Å². The molecule has 5 rings (SSSR count). The molecule has 0 radical (unpaired) electrons. The zero-order valence-corrected chi connectivity index (χ0v) is 18.5. The SMILES string of the molecule is COc1cc2cc(C(=O)NC3CCOc4cccnc43)[nH]c2cn1.FC(F)(F)Oc1ccccc1. The molecule has 4 heterocycles. The second-order valence-electron chi connectivity index (χ2n) is 7.41. The first kappa shape index (κ1) is 23.9. The van der Waals surface area contributed by atoms with Crippen LogP contribution in [0, 0.1) is 0 Å². The molecule has 1 atom stereocenters. The number of amides is 1. The summed E-state index contributed by atoms with van der Waals surface area (Å²) in [6.07, 6.45) is -0.559. The van der Waals surface area contributed by atoms with Gasteiger partial charge in [0.25, 0.3) is 5.91 Å². The molecule has 4 aromatic rings. The Kier molecular flexibility index (Phi) is 7.04. The molecule has 0 bridgehead atoms. The first-order valence-corrected chi connectivity index (χ1v) is 10.5. The van der Waals surface area contributed by atoms with Crippen molar-refractivity contribution in [3.05, 3.63) is 78.4 Å². The van der Waals surface area contributed by atoms with E-state index in [1.54, 1.807) is 37.7 Å². The number of benzene rings is 1. The standard InChI is InChI=1S/C17H16N4O3.C7H5F3O/c1-23-15-8-10-7-12(20-13(10)9-19-15)17(22)21-11-4-6-24-14-3-2-5-18-16(11)14;8-7(9,10)11-6-4-2-1-3-5-6/h2-3,5,7-9,11,20H,4,6H2,1H3,(H,21,22);1-5H. The number of carbonyl (C=O) groups excluding carboxylic acids is 1. The summed E-state index contributed by atoms with van der Waals surface area (Å²) in [5.74, 6) is 0.851. The van der Waals surface area contributed by atoms with Gasteiger partial charge in [0.1, 0.15) is 22.9 Å². The minimum Gasteiger partial charge on any atom is -0.491 e. The van der Waals surface area contributed by atoms with Gasteiger partial charge in [0.15, 0.2) is 0 Å². The highest BCUT2D eigenvalue weighted by Crippen LogP contribution is 2.30. The minimum atomic E-state index is -4.60. The van der Waals surface area contributed by atoms with E-state index in [1.165, 1.54) is 24.3 Å². The van der Waals surface area contributed by atoms with E-state index in [0.29, 0.717) is 24.6 Å². The van der Waals surface area contributed by atoms with Crippen LogP contribution >= 0.6 is 0 Å². The van der Waals surface area contributed by atoms with Crippen LogP contribution in [0.25, 0.3) is 10.9 Å². The number of rotatable bonds is 4. The number of aromatic amines is 1. The van der Waals surface area contributed by atoms with Gasteiger partial charge in [-0.1, -0.05) is 18.2 Å². The molecule has 11 heteroatoms. The number of hydrogen-bond acceptors (Lipinski definition) is 6. The predicted molar refractivity (Wildman–Crippen MR) is 120 cm³/mol. The number of fused-ring (bicyclic) bond motifs is 2. The van der Waals surface area contributed by atoms with Crippen LogP contribution in [0.1, 0.15) is 28.6 Å². The summed E-state index contributed by atoms with van der Waals surface area (Å²) in [7, 11) is 1.56. The maximum absolute atomic E-state index is 12.6. The van der Waals surface area contributed by atoms with Gasteiger partial charge >= 0.3 is 6.36 Å². The number of ether oxygens (including phenoxy) is 3.